The Labute approximate surface area is 145 Å². The first-order valence-corrected chi connectivity index (χ1v) is 9.44. The third-order valence-electron chi connectivity index (χ3n) is 6.62. The van der Waals surface area contributed by atoms with Gasteiger partial charge in [-0.25, -0.2) is 0 Å². The molecule has 0 amide bonds. The van der Waals surface area contributed by atoms with Crippen molar-refractivity contribution >= 4 is 0 Å². The molecule has 0 spiro atoms. The maximum atomic E-state index is 12.0. The molecular formula is C23H28O. The monoisotopic (exact) mass is 320 g/mol. The molecule has 1 saturated carbocycles. The molecule has 24 heavy (non-hydrogen) atoms. The summed E-state index contributed by atoms with van der Waals surface area (Å²) in [5.41, 5.74) is 3.61. The molecule has 0 saturated heterocycles. The van der Waals surface area contributed by atoms with Gasteiger partial charge in [-0.2, -0.15) is 0 Å². The van der Waals surface area contributed by atoms with E-state index >= 15 is 0 Å². The van der Waals surface area contributed by atoms with Crippen molar-refractivity contribution in [2.24, 2.45) is 17.8 Å². The SMILES string of the molecule is CC(C)[C@H]1CC[C@@H]2Cc3ccccc3[C@H](Cc3ccccc3)[C@@]21O. The summed E-state index contributed by atoms with van der Waals surface area (Å²) in [6.07, 6.45) is 4.31. The summed E-state index contributed by atoms with van der Waals surface area (Å²) in [6.45, 7) is 4.57. The maximum absolute atomic E-state index is 12.0. The van der Waals surface area contributed by atoms with Crippen LogP contribution in [0.3, 0.4) is 0 Å². The van der Waals surface area contributed by atoms with Crippen LogP contribution in [0.15, 0.2) is 54.6 Å². The molecule has 0 bridgehead atoms. The summed E-state index contributed by atoms with van der Waals surface area (Å²) in [5, 5.41) is 12.0. The smallest absolute Gasteiger partial charge is 0.0780 e. The fourth-order valence-electron chi connectivity index (χ4n) is 5.52. The van der Waals surface area contributed by atoms with E-state index < -0.39 is 5.60 Å². The second-order valence-corrected chi connectivity index (χ2v) is 8.16. The van der Waals surface area contributed by atoms with Gasteiger partial charge in [0.2, 0.25) is 0 Å². The highest BCUT2D eigenvalue weighted by atomic mass is 16.3. The van der Waals surface area contributed by atoms with Crippen LogP contribution < -0.4 is 0 Å². The summed E-state index contributed by atoms with van der Waals surface area (Å²) in [7, 11) is 0. The number of rotatable bonds is 3. The molecule has 2 aliphatic carbocycles. The predicted octanol–water partition coefficient (Wildman–Crippen LogP) is 4.98. The molecule has 2 aromatic rings. The Morgan fingerprint density at radius 1 is 1.00 bits per heavy atom. The number of hydrogen-bond donors (Lipinski definition) is 1. The number of hydrogen-bond acceptors (Lipinski definition) is 1. The van der Waals surface area contributed by atoms with Gasteiger partial charge in [-0.05, 0) is 60.1 Å². The van der Waals surface area contributed by atoms with Crippen molar-refractivity contribution in [3.63, 3.8) is 0 Å². The van der Waals surface area contributed by atoms with Gasteiger partial charge in [0.1, 0.15) is 0 Å². The number of fused-ring (bicyclic) bond motifs is 2. The van der Waals surface area contributed by atoms with Crippen molar-refractivity contribution < 1.29 is 5.11 Å². The molecular weight excluding hydrogens is 292 g/mol. The lowest BCUT2D eigenvalue weighted by atomic mass is 9.61. The highest BCUT2D eigenvalue weighted by Crippen LogP contribution is 2.56. The number of benzene rings is 2. The van der Waals surface area contributed by atoms with E-state index in [0.717, 1.165) is 19.3 Å². The lowest BCUT2D eigenvalue weighted by molar-refractivity contribution is -0.0796. The van der Waals surface area contributed by atoms with E-state index in [9.17, 15) is 5.11 Å². The first kappa shape index (κ1) is 15.9. The second kappa shape index (κ2) is 6.04. The first-order chi connectivity index (χ1) is 11.6. The topological polar surface area (TPSA) is 20.2 Å². The first-order valence-electron chi connectivity index (χ1n) is 9.44. The largest absolute Gasteiger partial charge is 0.389 e. The second-order valence-electron chi connectivity index (χ2n) is 8.16. The van der Waals surface area contributed by atoms with E-state index in [1.807, 2.05) is 0 Å². The van der Waals surface area contributed by atoms with Gasteiger partial charge in [-0.3, -0.25) is 0 Å². The van der Waals surface area contributed by atoms with E-state index in [0.29, 0.717) is 17.8 Å². The molecule has 4 rings (SSSR count). The Balaban J connectivity index is 1.81. The van der Waals surface area contributed by atoms with E-state index in [2.05, 4.69) is 68.4 Å². The van der Waals surface area contributed by atoms with E-state index in [4.69, 9.17) is 0 Å². The molecule has 0 aromatic heterocycles. The molecule has 0 heterocycles. The van der Waals surface area contributed by atoms with Crippen molar-refractivity contribution in [2.45, 2.75) is 51.0 Å². The molecule has 1 N–H and O–H groups in total. The molecule has 0 unspecified atom stereocenters. The molecule has 1 fully saturated rings. The summed E-state index contributed by atoms with van der Waals surface area (Å²) in [4.78, 5) is 0. The van der Waals surface area contributed by atoms with Crippen LogP contribution in [0, 0.1) is 17.8 Å². The normalized spacial score (nSPS) is 31.8. The van der Waals surface area contributed by atoms with Crippen molar-refractivity contribution in [1.82, 2.24) is 0 Å². The lowest BCUT2D eigenvalue weighted by Crippen LogP contribution is -2.51. The van der Waals surface area contributed by atoms with Crippen LogP contribution in [0.5, 0.6) is 0 Å². The molecule has 2 aliphatic rings. The summed E-state index contributed by atoms with van der Waals surface area (Å²) in [6, 6.07) is 19.5. The average Bonchev–Trinajstić information content (AvgIpc) is 2.93. The number of aliphatic hydroxyl groups is 1. The lowest BCUT2D eigenvalue weighted by Gasteiger charge is -2.48. The summed E-state index contributed by atoms with van der Waals surface area (Å²) < 4.78 is 0. The van der Waals surface area contributed by atoms with Crippen LogP contribution in [-0.2, 0) is 12.8 Å². The minimum atomic E-state index is -0.557. The van der Waals surface area contributed by atoms with Gasteiger partial charge in [-0.1, -0.05) is 68.4 Å². The van der Waals surface area contributed by atoms with Crippen LogP contribution >= 0.6 is 0 Å². The van der Waals surface area contributed by atoms with E-state index in [1.165, 1.54) is 23.1 Å². The van der Waals surface area contributed by atoms with E-state index in [1.54, 1.807) is 0 Å². The zero-order chi connectivity index (χ0) is 16.7. The Kier molecular flexibility index (Phi) is 4.00. The van der Waals surface area contributed by atoms with Gasteiger partial charge in [-0.15, -0.1) is 0 Å². The fraction of sp³-hybridized carbons (Fsp3) is 0.478. The standard InChI is InChI=1S/C23H28O/c1-16(2)21-13-12-19-15-18-10-6-7-11-20(18)22(23(19,21)24)14-17-8-4-3-5-9-17/h3-11,16,19,21-22,24H,12-15H2,1-2H3/t19-,21-,22+,23-/m1/s1. The zero-order valence-electron chi connectivity index (χ0n) is 14.8. The van der Waals surface area contributed by atoms with Crippen molar-refractivity contribution in [1.29, 1.82) is 0 Å². The van der Waals surface area contributed by atoms with Crippen LogP contribution in [0.4, 0.5) is 0 Å². The Morgan fingerprint density at radius 3 is 2.46 bits per heavy atom. The van der Waals surface area contributed by atoms with Gasteiger partial charge in [0.15, 0.2) is 0 Å². The third kappa shape index (κ3) is 2.41. The van der Waals surface area contributed by atoms with Crippen molar-refractivity contribution in [2.75, 3.05) is 0 Å². The molecule has 0 aliphatic heterocycles. The molecule has 126 valence electrons. The molecule has 2 aromatic carbocycles. The Bertz CT molecular complexity index is 705. The zero-order valence-corrected chi connectivity index (χ0v) is 14.8. The minimum absolute atomic E-state index is 0.213. The Morgan fingerprint density at radius 2 is 1.71 bits per heavy atom. The van der Waals surface area contributed by atoms with Gasteiger partial charge in [0.25, 0.3) is 0 Å². The summed E-state index contributed by atoms with van der Waals surface area (Å²) >= 11 is 0. The summed E-state index contributed by atoms with van der Waals surface area (Å²) in [5.74, 6) is 1.56. The maximum Gasteiger partial charge on any atom is 0.0780 e. The van der Waals surface area contributed by atoms with Gasteiger partial charge < -0.3 is 5.11 Å². The van der Waals surface area contributed by atoms with E-state index in [-0.39, 0.29) is 5.92 Å². The highest BCUT2D eigenvalue weighted by Gasteiger charge is 2.56. The predicted molar refractivity (Wildman–Crippen MR) is 99.0 cm³/mol. The minimum Gasteiger partial charge on any atom is -0.389 e. The van der Waals surface area contributed by atoms with Gasteiger partial charge >= 0.3 is 0 Å². The van der Waals surface area contributed by atoms with Crippen LogP contribution in [-0.4, -0.2) is 10.7 Å². The van der Waals surface area contributed by atoms with Crippen LogP contribution in [0.25, 0.3) is 0 Å². The quantitative estimate of drug-likeness (QED) is 0.845. The average molecular weight is 320 g/mol. The van der Waals surface area contributed by atoms with Crippen molar-refractivity contribution in [3.05, 3.63) is 71.3 Å². The van der Waals surface area contributed by atoms with Crippen molar-refractivity contribution in [3.8, 4) is 0 Å². The van der Waals surface area contributed by atoms with Crippen LogP contribution in [0.2, 0.25) is 0 Å². The molecule has 4 atom stereocenters. The van der Waals surface area contributed by atoms with Gasteiger partial charge in [0.05, 0.1) is 5.60 Å². The molecule has 1 nitrogen and oxygen atoms in total. The highest BCUT2D eigenvalue weighted by molar-refractivity contribution is 5.40. The van der Waals surface area contributed by atoms with Gasteiger partial charge in [0, 0.05) is 5.92 Å². The van der Waals surface area contributed by atoms with Crippen LogP contribution in [0.1, 0.15) is 49.3 Å². The molecule has 0 radical (unpaired) electrons. The fourth-order valence-corrected chi connectivity index (χ4v) is 5.52. The third-order valence-corrected chi connectivity index (χ3v) is 6.62. The molecule has 1 heteroatoms. The Hall–Kier alpha value is -1.60.